The van der Waals surface area contributed by atoms with Gasteiger partial charge in [0.25, 0.3) is 0 Å². The van der Waals surface area contributed by atoms with Crippen molar-refractivity contribution >= 4 is 16.9 Å². The molecule has 3 heterocycles. The van der Waals surface area contributed by atoms with Crippen molar-refractivity contribution in [1.29, 1.82) is 0 Å². The molecule has 0 aromatic carbocycles. The van der Waals surface area contributed by atoms with Crippen molar-refractivity contribution in [2.24, 2.45) is 0 Å². The molecule has 0 amide bonds. The van der Waals surface area contributed by atoms with Gasteiger partial charge in [-0.05, 0) is 25.3 Å². The fourth-order valence-corrected chi connectivity index (χ4v) is 2.14. The third-order valence-electron chi connectivity index (χ3n) is 2.98. The quantitative estimate of drug-likeness (QED) is 0.768. The smallest absolute Gasteiger partial charge is 0.177 e. The molecule has 1 aliphatic heterocycles. The molecule has 2 aromatic rings. The van der Waals surface area contributed by atoms with E-state index >= 15 is 0 Å². The zero-order chi connectivity index (χ0) is 10.1. The molecule has 0 aliphatic carbocycles. The van der Waals surface area contributed by atoms with Crippen molar-refractivity contribution < 1.29 is 0 Å². The summed E-state index contributed by atoms with van der Waals surface area (Å²) in [5.74, 6) is 0. The first-order valence-corrected chi connectivity index (χ1v) is 5.47. The molecule has 78 valence electrons. The fourth-order valence-electron chi connectivity index (χ4n) is 2.14. The highest BCUT2D eigenvalue weighted by Crippen LogP contribution is 2.21. The van der Waals surface area contributed by atoms with Crippen LogP contribution in [0.1, 0.15) is 19.3 Å². The van der Waals surface area contributed by atoms with E-state index in [2.05, 4.69) is 25.9 Å². The van der Waals surface area contributed by atoms with E-state index in [0.29, 0.717) is 0 Å². The predicted molar refractivity (Wildman–Crippen MR) is 60.0 cm³/mol. The van der Waals surface area contributed by atoms with E-state index in [1.54, 1.807) is 6.33 Å². The first-order chi connectivity index (χ1) is 7.43. The maximum absolute atomic E-state index is 4.33. The number of nitrogens with zero attached hydrogens (tertiary/aromatic N) is 3. The van der Waals surface area contributed by atoms with Crippen LogP contribution >= 0.6 is 0 Å². The Balaban J connectivity index is 1.95. The number of imidazole rings is 1. The van der Waals surface area contributed by atoms with Crippen LogP contribution in [0.15, 0.2) is 18.6 Å². The maximum atomic E-state index is 4.33. The van der Waals surface area contributed by atoms with Gasteiger partial charge < -0.3 is 9.88 Å². The van der Waals surface area contributed by atoms with Crippen LogP contribution in [-0.2, 0) is 0 Å². The van der Waals surface area contributed by atoms with Gasteiger partial charge in [-0.1, -0.05) is 0 Å². The molecule has 0 saturated carbocycles. The van der Waals surface area contributed by atoms with Crippen molar-refractivity contribution in [2.75, 3.05) is 18.0 Å². The summed E-state index contributed by atoms with van der Waals surface area (Å²) in [6, 6.07) is 2.14. The molecule has 3 rings (SSSR count). The van der Waals surface area contributed by atoms with Gasteiger partial charge in [-0.3, -0.25) is 0 Å². The number of anilines is 1. The average molecular weight is 202 g/mol. The topological polar surface area (TPSA) is 44.8 Å². The molecule has 2 aromatic heterocycles. The zero-order valence-electron chi connectivity index (χ0n) is 8.61. The van der Waals surface area contributed by atoms with Gasteiger partial charge >= 0.3 is 0 Å². The number of piperidine rings is 1. The SMILES string of the molecule is c1nc2ncc(N3CCCCC3)cc2[nH]1. The monoisotopic (exact) mass is 202 g/mol. The second kappa shape index (κ2) is 3.53. The van der Waals surface area contributed by atoms with Crippen molar-refractivity contribution in [3.63, 3.8) is 0 Å². The first-order valence-electron chi connectivity index (χ1n) is 5.47. The van der Waals surface area contributed by atoms with Crippen LogP contribution in [0.4, 0.5) is 5.69 Å². The number of fused-ring (bicyclic) bond motifs is 1. The lowest BCUT2D eigenvalue weighted by molar-refractivity contribution is 0.577. The maximum Gasteiger partial charge on any atom is 0.177 e. The van der Waals surface area contributed by atoms with Crippen LogP contribution in [0.3, 0.4) is 0 Å². The van der Waals surface area contributed by atoms with E-state index in [1.165, 1.54) is 24.9 Å². The van der Waals surface area contributed by atoms with Gasteiger partial charge in [0.2, 0.25) is 0 Å². The molecule has 0 radical (unpaired) electrons. The van der Waals surface area contributed by atoms with Crippen LogP contribution in [0, 0.1) is 0 Å². The number of H-pyrrole nitrogens is 1. The molecule has 0 atom stereocenters. The Morgan fingerprint density at radius 3 is 2.87 bits per heavy atom. The summed E-state index contributed by atoms with van der Waals surface area (Å²) < 4.78 is 0. The lowest BCUT2D eigenvalue weighted by Gasteiger charge is -2.28. The molecule has 0 bridgehead atoms. The van der Waals surface area contributed by atoms with Gasteiger partial charge in [-0.25, -0.2) is 9.97 Å². The van der Waals surface area contributed by atoms with E-state index < -0.39 is 0 Å². The molecule has 1 fully saturated rings. The van der Waals surface area contributed by atoms with Gasteiger partial charge in [0, 0.05) is 13.1 Å². The molecule has 15 heavy (non-hydrogen) atoms. The van der Waals surface area contributed by atoms with Gasteiger partial charge in [0.05, 0.1) is 23.7 Å². The predicted octanol–water partition coefficient (Wildman–Crippen LogP) is 1.95. The number of aromatic nitrogens is 3. The second-order valence-corrected chi connectivity index (χ2v) is 4.01. The Morgan fingerprint density at radius 1 is 1.13 bits per heavy atom. The summed E-state index contributed by atoms with van der Waals surface area (Å²) in [6.45, 7) is 2.31. The third-order valence-corrected chi connectivity index (χ3v) is 2.98. The van der Waals surface area contributed by atoms with Crippen LogP contribution in [0.2, 0.25) is 0 Å². The minimum absolute atomic E-state index is 0.802. The number of pyridine rings is 1. The summed E-state index contributed by atoms with van der Waals surface area (Å²) in [5, 5.41) is 0. The summed E-state index contributed by atoms with van der Waals surface area (Å²) >= 11 is 0. The van der Waals surface area contributed by atoms with Gasteiger partial charge in [0.1, 0.15) is 0 Å². The highest BCUT2D eigenvalue weighted by molar-refractivity contribution is 5.74. The van der Waals surface area contributed by atoms with Crippen LogP contribution in [0.5, 0.6) is 0 Å². The van der Waals surface area contributed by atoms with E-state index in [9.17, 15) is 0 Å². The average Bonchev–Trinajstić information content (AvgIpc) is 2.77. The first kappa shape index (κ1) is 8.71. The zero-order valence-corrected chi connectivity index (χ0v) is 8.61. The molecule has 1 N–H and O–H groups in total. The molecule has 0 unspecified atom stereocenters. The molecule has 4 heteroatoms. The molecular formula is C11H14N4. The van der Waals surface area contributed by atoms with Gasteiger partial charge in [-0.15, -0.1) is 0 Å². The van der Waals surface area contributed by atoms with E-state index in [1.807, 2.05) is 6.20 Å². The molecule has 4 nitrogen and oxygen atoms in total. The third kappa shape index (κ3) is 1.56. The minimum Gasteiger partial charge on any atom is -0.370 e. The molecule has 1 saturated heterocycles. The van der Waals surface area contributed by atoms with Crippen molar-refractivity contribution in [2.45, 2.75) is 19.3 Å². The Kier molecular flexibility index (Phi) is 2.05. The summed E-state index contributed by atoms with van der Waals surface area (Å²) in [6.07, 6.45) is 7.56. The van der Waals surface area contributed by atoms with Crippen molar-refractivity contribution in [3.05, 3.63) is 18.6 Å². The summed E-state index contributed by atoms with van der Waals surface area (Å²) in [5.41, 5.74) is 3.04. The lowest BCUT2D eigenvalue weighted by Crippen LogP contribution is -2.29. The second-order valence-electron chi connectivity index (χ2n) is 4.01. The molecule has 1 aliphatic rings. The number of rotatable bonds is 1. The highest BCUT2D eigenvalue weighted by atomic mass is 15.1. The van der Waals surface area contributed by atoms with Crippen LogP contribution in [0.25, 0.3) is 11.2 Å². The van der Waals surface area contributed by atoms with Crippen molar-refractivity contribution in [3.8, 4) is 0 Å². The minimum atomic E-state index is 0.802. The normalized spacial score (nSPS) is 17.2. The Labute approximate surface area is 88.3 Å². The van der Waals surface area contributed by atoms with E-state index in [0.717, 1.165) is 24.3 Å². The van der Waals surface area contributed by atoms with Gasteiger partial charge in [-0.2, -0.15) is 0 Å². The van der Waals surface area contributed by atoms with Crippen LogP contribution in [-0.4, -0.2) is 28.0 Å². The standard InChI is InChI=1S/C11H14N4/c1-2-4-15(5-3-1)9-6-10-11(12-7-9)14-8-13-10/h6-8H,1-5H2,(H,12,13,14). The van der Waals surface area contributed by atoms with Gasteiger partial charge in [0.15, 0.2) is 5.65 Å². The largest absolute Gasteiger partial charge is 0.370 e. The highest BCUT2D eigenvalue weighted by Gasteiger charge is 2.11. The van der Waals surface area contributed by atoms with E-state index in [4.69, 9.17) is 0 Å². The Hall–Kier alpha value is -1.58. The lowest BCUT2D eigenvalue weighted by atomic mass is 10.1. The Bertz CT molecular complexity index is 456. The fraction of sp³-hybridized carbons (Fsp3) is 0.455. The van der Waals surface area contributed by atoms with Crippen LogP contribution < -0.4 is 4.90 Å². The molecule has 0 spiro atoms. The number of nitrogens with one attached hydrogen (secondary N) is 1. The number of hydrogen-bond donors (Lipinski definition) is 1. The molecular weight excluding hydrogens is 188 g/mol. The summed E-state index contributed by atoms with van der Waals surface area (Å²) in [7, 11) is 0. The Morgan fingerprint density at radius 2 is 2.00 bits per heavy atom. The summed E-state index contributed by atoms with van der Waals surface area (Å²) in [4.78, 5) is 14.0. The van der Waals surface area contributed by atoms with E-state index in [-0.39, 0.29) is 0 Å². The number of aromatic amines is 1. The van der Waals surface area contributed by atoms with Crippen molar-refractivity contribution in [1.82, 2.24) is 15.0 Å². The number of hydrogen-bond acceptors (Lipinski definition) is 3.